The highest BCUT2D eigenvalue weighted by atomic mass is 16.7. The van der Waals surface area contributed by atoms with Crippen LogP contribution >= 0.6 is 0 Å². The van der Waals surface area contributed by atoms with Crippen molar-refractivity contribution in [1.29, 1.82) is 0 Å². The zero-order valence-electron chi connectivity index (χ0n) is 19.4. The maximum absolute atomic E-state index is 12.8. The van der Waals surface area contributed by atoms with Crippen LogP contribution in [0.5, 0.6) is 0 Å². The van der Waals surface area contributed by atoms with Crippen molar-refractivity contribution in [2.75, 3.05) is 0 Å². The Morgan fingerprint density at radius 2 is 1.59 bits per heavy atom. The molecule has 0 radical (unpaired) electrons. The van der Waals surface area contributed by atoms with E-state index in [1.54, 1.807) is 38.1 Å². The number of benzene rings is 2. The summed E-state index contributed by atoms with van der Waals surface area (Å²) in [6, 6.07) is 18.5. The van der Waals surface area contributed by atoms with Gasteiger partial charge in [-0.05, 0) is 31.5 Å². The lowest BCUT2D eigenvalue weighted by Gasteiger charge is -2.42. The molecule has 0 unspecified atom stereocenters. The fourth-order valence-corrected chi connectivity index (χ4v) is 4.32. The number of rotatable bonds is 7. The molecule has 2 fully saturated rings. The first kappa shape index (κ1) is 24.8. The Balaban J connectivity index is 1.46. The fourth-order valence-electron chi connectivity index (χ4n) is 4.32. The average molecular weight is 473 g/mol. The van der Waals surface area contributed by atoms with Crippen LogP contribution in [-0.4, -0.2) is 65.4 Å². The molecule has 0 aliphatic carbocycles. The Hall–Kier alpha value is -2.33. The van der Waals surface area contributed by atoms with Gasteiger partial charge in [-0.2, -0.15) is 0 Å². The van der Waals surface area contributed by atoms with Crippen LogP contribution in [0.15, 0.2) is 60.7 Å². The van der Waals surface area contributed by atoms with E-state index in [0.29, 0.717) is 18.6 Å². The third-order valence-electron chi connectivity index (χ3n) is 6.17. The monoisotopic (exact) mass is 472 g/mol. The molecule has 8 atom stereocenters. The molecule has 2 N–H and O–H groups in total. The van der Waals surface area contributed by atoms with E-state index < -0.39 is 55.2 Å². The lowest BCUT2D eigenvalue weighted by molar-refractivity contribution is -0.304. The summed E-state index contributed by atoms with van der Waals surface area (Å²) in [5, 5.41) is 20.4. The number of carbonyl (C=O) groups excluding carboxylic acids is 1. The molecule has 4 rings (SSSR count). The molecular formula is C26H32O8. The number of hydrogen-bond acceptors (Lipinski definition) is 8. The lowest BCUT2D eigenvalue weighted by atomic mass is 10.00. The maximum Gasteiger partial charge on any atom is 0.338 e. The predicted octanol–water partition coefficient (Wildman–Crippen LogP) is 2.81. The second-order valence-corrected chi connectivity index (χ2v) is 8.77. The van der Waals surface area contributed by atoms with Gasteiger partial charge in [-0.3, -0.25) is 0 Å². The van der Waals surface area contributed by atoms with Gasteiger partial charge in [-0.25, -0.2) is 4.79 Å². The quantitative estimate of drug-likeness (QED) is 0.593. The van der Waals surface area contributed by atoms with Crippen LogP contribution in [0.2, 0.25) is 0 Å². The summed E-state index contributed by atoms with van der Waals surface area (Å²) in [4.78, 5) is 12.8. The van der Waals surface area contributed by atoms with Gasteiger partial charge in [0, 0.05) is 12.8 Å². The van der Waals surface area contributed by atoms with E-state index in [1.807, 2.05) is 36.4 Å². The Morgan fingerprint density at radius 3 is 2.29 bits per heavy atom. The van der Waals surface area contributed by atoms with Gasteiger partial charge in [0.1, 0.15) is 12.2 Å². The fraction of sp³-hybridized carbons (Fsp3) is 0.500. The van der Waals surface area contributed by atoms with Crippen LogP contribution in [0.4, 0.5) is 0 Å². The van der Waals surface area contributed by atoms with E-state index in [0.717, 1.165) is 5.56 Å². The summed E-state index contributed by atoms with van der Waals surface area (Å²) in [7, 11) is 0. The minimum Gasteiger partial charge on any atom is -0.453 e. The van der Waals surface area contributed by atoms with Crippen LogP contribution in [-0.2, 0) is 30.3 Å². The van der Waals surface area contributed by atoms with Crippen molar-refractivity contribution in [3.63, 3.8) is 0 Å². The highest BCUT2D eigenvalue weighted by Crippen LogP contribution is 2.31. The average Bonchev–Trinajstić information content (AvgIpc) is 2.84. The van der Waals surface area contributed by atoms with Crippen molar-refractivity contribution in [3.05, 3.63) is 71.8 Å². The number of esters is 1. The zero-order valence-corrected chi connectivity index (χ0v) is 19.4. The van der Waals surface area contributed by atoms with E-state index in [1.165, 1.54) is 0 Å². The molecule has 2 aliphatic rings. The summed E-state index contributed by atoms with van der Waals surface area (Å²) >= 11 is 0. The van der Waals surface area contributed by atoms with E-state index in [4.69, 9.17) is 23.7 Å². The summed E-state index contributed by atoms with van der Waals surface area (Å²) in [5.74, 6) is -0.453. The molecule has 0 bridgehead atoms. The maximum atomic E-state index is 12.8. The standard InChI is InChI=1S/C26H32O8/c1-16-24(28)20(13-22(27)31-16)33-23-14-21(30-15-18-9-5-3-6-10-18)25(17(2)32-23)34-26(29)19-11-7-4-8-12-19/h3-12,16-17,20-25,27-28H,13-15H2,1-2H3/t16-,17-,20-,21-,22+,23+,24-,25-/m1/s1. The molecule has 0 spiro atoms. The van der Waals surface area contributed by atoms with Gasteiger partial charge in [0.25, 0.3) is 0 Å². The number of aliphatic hydroxyl groups excluding tert-OH is 2. The lowest BCUT2D eigenvalue weighted by Crippen LogP contribution is -2.54. The first-order valence-electron chi connectivity index (χ1n) is 11.6. The zero-order chi connectivity index (χ0) is 24.1. The molecule has 184 valence electrons. The molecule has 2 aromatic rings. The van der Waals surface area contributed by atoms with Crippen LogP contribution in [0, 0.1) is 0 Å². The molecule has 8 heteroatoms. The molecular weight excluding hydrogens is 440 g/mol. The first-order chi connectivity index (χ1) is 16.4. The summed E-state index contributed by atoms with van der Waals surface area (Å²) in [6.45, 7) is 3.81. The number of aliphatic hydroxyl groups is 2. The second kappa shape index (κ2) is 11.4. The Labute approximate surface area is 199 Å². The number of hydrogen-bond donors (Lipinski definition) is 2. The van der Waals surface area contributed by atoms with Gasteiger partial charge in [-0.15, -0.1) is 0 Å². The second-order valence-electron chi connectivity index (χ2n) is 8.77. The van der Waals surface area contributed by atoms with Gasteiger partial charge in [0.05, 0.1) is 30.5 Å². The molecule has 2 aromatic carbocycles. The number of ether oxygens (including phenoxy) is 5. The summed E-state index contributed by atoms with van der Waals surface area (Å²) in [5.41, 5.74) is 1.44. The van der Waals surface area contributed by atoms with Gasteiger partial charge in [0.15, 0.2) is 18.7 Å². The summed E-state index contributed by atoms with van der Waals surface area (Å²) < 4.78 is 29.4. The molecule has 0 amide bonds. The van der Waals surface area contributed by atoms with Crippen molar-refractivity contribution < 1.29 is 38.7 Å². The third-order valence-corrected chi connectivity index (χ3v) is 6.17. The van der Waals surface area contributed by atoms with Gasteiger partial charge in [0.2, 0.25) is 0 Å². The highest BCUT2D eigenvalue weighted by molar-refractivity contribution is 5.89. The van der Waals surface area contributed by atoms with Gasteiger partial charge < -0.3 is 33.9 Å². The van der Waals surface area contributed by atoms with Crippen molar-refractivity contribution in [2.24, 2.45) is 0 Å². The van der Waals surface area contributed by atoms with Gasteiger partial charge in [-0.1, -0.05) is 48.5 Å². The van der Waals surface area contributed by atoms with E-state index in [-0.39, 0.29) is 6.42 Å². The summed E-state index contributed by atoms with van der Waals surface area (Å²) in [6.07, 6.45) is -5.12. The van der Waals surface area contributed by atoms with Crippen LogP contribution in [0.3, 0.4) is 0 Å². The SMILES string of the molecule is C[C@H]1O[C@H](O)C[C@@H](O[C@H]2C[C@@H](OCc3ccccc3)[C@H](OC(=O)c3ccccc3)[C@@H](C)O2)[C@@H]1O. The minimum atomic E-state index is -1.02. The molecule has 0 aromatic heterocycles. The molecule has 0 saturated carbocycles. The van der Waals surface area contributed by atoms with Crippen LogP contribution in [0.25, 0.3) is 0 Å². The predicted molar refractivity (Wildman–Crippen MR) is 122 cm³/mol. The smallest absolute Gasteiger partial charge is 0.338 e. The Bertz CT molecular complexity index is 908. The van der Waals surface area contributed by atoms with E-state index in [9.17, 15) is 15.0 Å². The normalized spacial score (nSPS) is 33.9. The molecule has 2 heterocycles. The third kappa shape index (κ3) is 6.21. The first-order valence-corrected chi connectivity index (χ1v) is 11.6. The Kier molecular flexibility index (Phi) is 8.31. The molecule has 2 aliphatic heterocycles. The molecule has 2 saturated heterocycles. The Morgan fingerprint density at radius 1 is 0.912 bits per heavy atom. The largest absolute Gasteiger partial charge is 0.453 e. The molecule has 34 heavy (non-hydrogen) atoms. The van der Waals surface area contributed by atoms with Crippen molar-refractivity contribution in [3.8, 4) is 0 Å². The number of carbonyl (C=O) groups is 1. The molecule has 8 nitrogen and oxygen atoms in total. The van der Waals surface area contributed by atoms with Crippen molar-refractivity contribution >= 4 is 5.97 Å². The highest BCUT2D eigenvalue weighted by Gasteiger charge is 2.43. The topological polar surface area (TPSA) is 104 Å². The van der Waals surface area contributed by atoms with Crippen molar-refractivity contribution in [2.45, 2.75) is 82.5 Å². The van der Waals surface area contributed by atoms with Gasteiger partial charge >= 0.3 is 5.97 Å². The van der Waals surface area contributed by atoms with Crippen LogP contribution in [0.1, 0.15) is 42.6 Å². The minimum absolute atomic E-state index is 0.127. The van der Waals surface area contributed by atoms with E-state index >= 15 is 0 Å². The van der Waals surface area contributed by atoms with E-state index in [2.05, 4.69) is 0 Å². The van der Waals surface area contributed by atoms with Crippen LogP contribution < -0.4 is 0 Å². The van der Waals surface area contributed by atoms with Crippen molar-refractivity contribution in [1.82, 2.24) is 0 Å².